The highest BCUT2D eigenvalue weighted by molar-refractivity contribution is 4.80. The van der Waals surface area contributed by atoms with Gasteiger partial charge in [-0.1, -0.05) is 6.92 Å². The molecule has 0 radical (unpaired) electrons. The molecular formula is C10H19N3. The molecular weight excluding hydrogens is 162 g/mol. The smallest absolute Gasteiger partial charge is 0.0948 e. The molecule has 0 aliphatic rings. The van der Waals surface area contributed by atoms with Crippen LogP contribution in [0.2, 0.25) is 0 Å². The number of hydrogen-bond acceptors (Lipinski definition) is 2. The molecule has 1 rings (SSSR count). The molecule has 0 fully saturated rings. The molecule has 3 nitrogen and oxygen atoms in total. The van der Waals surface area contributed by atoms with Crippen LogP contribution in [0.3, 0.4) is 0 Å². The molecule has 0 saturated heterocycles. The molecule has 2 unspecified atom stereocenters. The van der Waals surface area contributed by atoms with Gasteiger partial charge in [0.05, 0.1) is 6.33 Å². The van der Waals surface area contributed by atoms with E-state index in [4.69, 9.17) is 0 Å². The van der Waals surface area contributed by atoms with E-state index in [9.17, 15) is 0 Å². The van der Waals surface area contributed by atoms with E-state index in [0.29, 0.717) is 12.1 Å². The molecule has 1 aromatic heterocycles. The third-order valence-electron chi connectivity index (χ3n) is 2.28. The van der Waals surface area contributed by atoms with E-state index in [2.05, 4.69) is 35.6 Å². The third-order valence-corrected chi connectivity index (χ3v) is 2.28. The zero-order valence-electron chi connectivity index (χ0n) is 8.70. The highest BCUT2D eigenvalue weighted by atomic mass is 15.1. The van der Waals surface area contributed by atoms with Gasteiger partial charge in [0.1, 0.15) is 0 Å². The molecule has 0 saturated carbocycles. The Labute approximate surface area is 80.2 Å². The number of rotatable bonds is 5. The SMILES string of the molecule is CCNC(C)CC(C)n1ccnc1. The lowest BCUT2D eigenvalue weighted by atomic mass is 10.1. The van der Waals surface area contributed by atoms with Crippen molar-refractivity contribution < 1.29 is 0 Å². The predicted octanol–water partition coefficient (Wildman–Crippen LogP) is 1.83. The highest BCUT2D eigenvalue weighted by Gasteiger charge is 2.07. The van der Waals surface area contributed by atoms with Crippen molar-refractivity contribution in [1.29, 1.82) is 0 Å². The Hall–Kier alpha value is -0.830. The van der Waals surface area contributed by atoms with Gasteiger partial charge in [-0.25, -0.2) is 4.98 Å². The van der Waals surface area contributed by atoms with Crippen LogP contribution in [0.25, 0.3) is 0 Å². The summed E-state index contributed by atoms with van der Waals surface area (Å²) in [5.74, 6) is 0. The third kappa shape index (κ3) is 3.19. The quantitative estimate of drug-likeness (QED) is 0.751. The Kier molecular flexibility index (Phi) is 3.96. The Morgan fingerprint density at radius 1 is 1.46 bits per heavy atom. The first-order chi connectivity index (χ1) is 6.24. The summed E-state index contributed by atoms with van der Waals surface area (Å²) in [5.41, 5.74) is 0. The Bertz CT molecular complexity index is 218. The molecule has 1 aromatic rings. The standard InChI is InChI=1S/C10H19N3/c1-4-12-9(2)7-10(3)13-6-5-11-8-13/h5-6,8-10,12H,4,7H2,1-3H3. The summed E-state index contributed by atoms with van der Waals surface area (Å²) in [6.45, 7) is 7.61. The molecule has 0 aromatic carbocycles. The van der Waals surface area contributed by atoms with Crippen molar-refractivity contribution in [2.45, 2.75) is 39.3 Å². The second-order valence-electron chi connectivity index (χ2n) is 3.55. The van der Waals surface area contributed by atoms with E-state index in [1.54, 1.807) is 0 Å². The van der Waals surface area contributed by atoms with E-state index in [1.165, 1.54) is 0 Å². The molecule has 0 amide bonds. The lowest BCUT2D eigenvalue weighted by Gasteiger charge is -2.18. The minimum absolute atomic E-state index is 0.525. The second kappa shape index (κ2) is 5.02. The van der Waals surface area contributed by atoms with Crippen molar-refractivity contribution in [3.05, 3.63) is 18.7 Å². The molecule has 0 bridgehead atoms. The van der Waals surface area contributed by atoms with E-state index in [1.807, 2.05) is 18.7 Å². The summed E-state index contributed by atoms with van der Waals surface area (Å²) >= 11 is 0. The first-order valence-corrected chi connectivity index (χ1v) is 4.94. The number of imidazole rings is 1. The maximum absolute atomic E-state index is 4.04. The maximum atomic E-state index is 4.04. The fourth-order valence-electron chi connectivity index (χ4n) is 1.60. The van der Waals surface area contributed by atoms with Crippen LogP contribution < -0.4 is 5.32 Å². The van der Waals surface area contributed by atoms with Gasteiger partial charge in [0.2, 0.25) is 0 Å². The van der Waals surface area contributed by atoms with E-state index < -0.39 is 0 Å². The van der Waals surface area contributed by atoms with E-state index in [-0.39, 0.29) is 0 Å². The van der Waals surface area contributed by atoms with Crippen LogP contribution in [0.1, 0.15) is 33.2 Å². The lowest BCUT2D eigenvalue weighted by Crippen LogP contribution is -2.27. The van der Waals surface area contributed by atoms with Gasteiger partial charge in [-0.15, -0.1) is 0 Å². The van der Waals surface area contributed by atoms with Crippen LogP contribution in [0, 0.1) is 0 Å². The fraction of sp³-hybridized carbons (Fsp3) is 0.700. The van der Waals surface area contributed by atoms with Crippen LogP contribution in [0.5, 0.6) is 0 Å². The van der Waals surface area contributed by atoms with Gasteiger partial charge < -0.3 is 9.88 Å². The fourth-order valence-corrected chi connectivity index (χ4v) is 1.60. The van der Waals surface area contributed by atoms with Crippen LogP contribution in [0.4, 0.5) is 0 Å². The summed E-state index contributed by atoms with van der Waals surface area (Å²) in [7, 11) is 0. The van der Waals surface area contributed by atoms with Gasteiger partial charge in [-0.3, -0.25) is 0 Å². The van der Waals surface area contributed by atoms with Crippen molar-refractivity contribution in [2.75, 3.05) is 6.54 Å². The minimum Gasteiger partial charge on any atom is -0.335 e. The predicted molar refractivity (Wildman–Crippen MR) is 54.7 cm³/mol. The van der Waals surface area contributed by atoms with E-state index in [0.717, 1.165) is 13.0 Å². The molecule has 3 heteroatoms. The average molecular weight is 181 g/mol. The van der Waals surface area contributed by atoms with Gasteiger partial charge in [-0.2, -0.15) is 0 Å². The van der Waals surface area contributed by atoms with E-state index >= 15 is 0 Å². The Morgan fingerprint density at radius 3 is 2.77 bits per heavy atom. The summed E-state index contributed by atoms with van der Waals surface area (Å²) in [4.78, 5) is 4.04. The first kappa shape index (κ1) is 10.3. The number of nitrogens with zero attached hydrogens (tertiary/aromatic N) is 2. The molecule has 1 heterocycles. The van der Waals surface area contributed by atoms with Crippen molar-refractivity contribution in [2.24, 2.45) is 0 Å². The molecule has 13 heavy (non-hydrogen) atoms. The van der Waals surface area contributed by atoms with Gasteiger partial charge in [-0.05, 0) is 26.8 Å². The Morgan fingerprint density at radius 2 is 2.23 bits per heavy atom. The zero-order chi connectivity index (χ0) is 9.68. The van der Waals surface area contributed by atoms with Crippen molar-refractivity contribution >= 4 is 0 Å². The molecule has 2 atom stereocenters. The Balaban J connectivity index is 2.37. The maximum Gasteiger partial charge on any atom is 0.0948 e. The van der Waals surface area contributed by atoms with Crippen molar-refractivity contribution in [1.82, 2.24) is 14.9 Å². The molecule has 1 N–H and O–H groups in total. The van der Waals surface area contributed by atoms with Crippen LogP contribution in [-0.2, 0) is 0 Å². The minimum atomic E-state index is 0.525. The van der Waals surface area contributed by atoms with Crippen molar-refractivity contribution in [3.8, 4) is 0 Å². The molecule has 0 spiro atoms. The second-order valence-corrected chi connectivity index (χ2v) is 3.55. The highest BCUT2D eigenvalue weighted by Crippen LogP contribution is 2.11. The largest absolute Gasteiger partial charge is 0.335 e. The lowest BCUT2D eigenvalue weighted by molar-refractivity contribution is 0.419. The molecule has 74 valence electrons. The number of hydrogen-bond donors (Lipinski definition) is 1. The topological polar surface area (TPSA) is 29.9 Å². The number of aromatic nitrogens is 2. The summed E-state index contributed by atoms with van der Waals surface area (Å²) in [6.07, 6.45) is 6.87. The monoisotopic (exact) mass is 181 g/mol. The van der Waals surface area contributed by atoms with Gasteiger partial charge >= 0.3 is 0 Å². The molecule has 0 aliphatic heterocycles. The van der Waals surface area contributed by atoms with Gasteiger partial charge in [0, 0.05) is 24.5 Å². The number of nitrogens with one attached hydrogen (secondary N) is 1. The summed E-state index contributed by atoms with van der Waals surface area (Å²) in [5, 5.41) is 3.40. The van der Waals surface area contributed by atoms with Crippen molar-refractivity contribution in [3.63, 3.8) is 0 Å². The van der Waals surface area contributed by atoms with Crippen LogP contribution in [-0.4, -0.2) is 22.1 Å². The first-order valence-electron chi connectivity index (χ1n) is 4.94. The average Bonchev–Trinajstić information content (AvgIpc) is 2.55. The summed E-state index contributed by atoms with van der Waals surface area (Å²) in [6, 6.07) is 1.10. The molecule has 0 aliphatic carbocycles. The summed E-state index contributed by atoms with van der Waals surface area (Å²) < 4.78 is 2.15. The zero-order valence-corrected chi connectivity index (χ0v) is 8.70. The van der Waals surface area contributed by atoms with Gasteiger partial charge in [0.15, 0.2) is 0 Å². The van der Waals surface area contributed by atoms with Gasteiger partial charge in [0.25, 0.3) is 0 Å². The normalized spacial score (nSPS) is 15.6. The van der Waals surface area contributed by atoms with Crippen LogP contribution in [0.15, 0.2) is 18.7 Å². The van der Waals surface area contributed by atoms with Crippen LogP contribution >= 0.6 is 0 Å².